The number of aliphatic hydroxyl groups excluding tert-OH is 1. The van der Waals surface area contributed by atoms with Crippen molar-refractivity contribution in [2.24, 2.45) is 0 Å². The molecular weight excluding hydrogens is 326 g/mol. The van der Waals surface area contributed by atoms with Crippen molar-refractivity contribution in [2.45, 2.75) is 12.8 Å². The van der Waals surface area contributed by atoms with Crippen LogP contribution in [0.25, 0.3) is 0 Å². The van der Waals surface area contributed by atoms with Crippen molar-refractivity contribution >= 4 is 37.5 Å². The van der Waals surface area contributed by atoms with Crippen LogP contribution in [0, 0.1) is 0 Å². The number of ether oxygens (including phenoxy) is 1. The largest absolute Gasteiger partial charge is 0.491 e. The van der Waals surface area contributed by atoms with Crippen molar-refractivity contribution in [1.82, 2.24) is 0 Å². The van der Waals surface area contributed by atoms with Crippen LogP contribution in [0.2, 0.25) is 0 Å². The fourth-order valence-electron chi connectivity index (χ4n) is 1.11. The smallest absolute Gasteiger partial charge is 0.147 e. The molecule has 0 fully saturated rings. The van der Waals surface area contributed by atoms with E-state index in [2.05, 4.69) is 31.9 Å². The minimum atomic E-state index is 0.202. The molecular formula is C10H13Br2NO2. The van der Waals surface area contributed by atoms with Crippen LogP contribution in [0.1, 0.15) is 12.8 Å². The molecule has 0 aromatic heterocycles. The molecule has 1 aromatic carbocycles. The summed E-state index contributed by atoms with van der Waals surface area (Å²) in [5.41, 5.74) is 6.33. The Morgan fingerprint density at radius 2 is 1.80 bits per heavy atom. The number of hydrogen-bond donors (Lipinski definition) is 2. The Morgan fingerprint density at radius 3 is 2.33 bits per heavy atom. The number of aliphatic hydroxyl groups is 1. The van der Waals surface area contributed by atoms with Crippen LogP contribution in [-0.2, 0) is 0 Å². The first-order valence-electron chi connectivity index (χ1n) is 4.63. The highest BCUT2D eigenvalue weighted by Crippen LogP contribution is 2.35. The van der Waals surface area contributed by atoms with Gasteiger partial charge in [-0.2, -0.15) is 0 Å². The molecule has 0 unspecified atom stereocenters. The molecule has 0 bridgehead atoms. The van der Waals surface area contributed by atoms with Gasteiger partial charge in [-0.15, -0.1) is 0 Å². The maximum atomic E-state index is 8.62. The highest BCUT2D eigenvalue weighted by atomic mass is 79.9. The summed E-state index contributed by atoms with van der Waals surface area (Å²) >= 11 is 6.77. The summed E-state index contributed by atoms with van der Waals surface area (Å²) in [7, 11) is 0. The lowest BCUT2D eigenvalue weighted by molar-refractivity contribution is 0.252. The second kappa shape index (κ2) is 6.35. The van der Waals surface area contributed by atoms with Crippen molar-refractivity contribution in [3.05, 3.63) is 21.1 Å². The van der Waals surface area contributed by atoms with Gasteiger partial charge in [-0.1, -0.05) is 0 Å². The summed E-state index contributed by atoms with van der Waals surface area (Å²) in [5.74, 6) is 0.752. The Morgan fingerprint density at radius 1 is 1.20 bits per heavy atom. The molecule has 84 valence electrons. The van der Waals surface area contributed by atoms with E-state index in [-0.39, 0.29) is 6.61 Å². The number of halogens is 2. The predicted octanol–water partition coefficient (Wildman–Crippen LogP) is 2.95. The van der Waals surface area contributed by atoms with Gasteiger partial charge >= 0.3 is 0 Å². The third kappa shape index (κ3) is 4.01. The van der Waals surface area contributed by atoms with E-state index in [9.17, 15) is 0 Å². The molecule has 0 aliphatic carbocycles. The van der Waals surface area contributed by atoms with Gasteiger partial charge in [0.1, 0.15) is 5.75 Å². The molecule has 5 heteroatoms. The SMILES string of the molecule is Nc1cc(Br)c(OCCCCO)c(Br)c1. The lowest BCUT2D eigenvalue weighted by Crippen LogP contribution is -2.00. The van der Waals surface area contributed by atoms with Crippen LogP contribution in [0.3, 0.4) is 0 Å². The lowest BCUT2D eigenvalue weighted by Gasteiger charge is -2.10. The predicted molar refractivity (Wildman–Crippen MR) is 68.1 cm³/mol. The Bertz CT molecular complexity index is 308. The van der Waals surface area contributed by atoms with E-state index in [1.807, 2.05) is 0 Å². The second-order valence-corrected chi connectivity index (χ2v) is 4.80. The van der Waals surface area contributed by atoms with Crippen molar-refractivity contribution in [1.29, 1.82) is 0 Å². The van der Waals surface area contributed by atoms with Gasteiger partial charge in [-0.3, -0.25) is 0 Å². The highest BCUT2D eigenvalue weighted by Gasteiger charge is 2.07. The van der Waals surface area contributed by atoms with Crippen LogP contribution >= 0.6 is 31.9 Å². The number of rotatable bonds is 5. The number of hydrogen-bond acceptors (Lipinski definition) is 3. The maximum absolute atomic E-state index is 8.62. The molecule has 0 radical (unpaired) electrons. The maximum Gasteiger partial charge on any atom is 0.147 e. The zero-order chi connectivity index (χ0) is 11.3. The molecule has 1 rings (SSSR count). The molecule has 3 nitrogen and oxygen atoms in total. The van der Waals surface area contributed by atoms with Gasteiger partial charge in [0.15, 0.2) is 0 Å². The van der Waals surface area contributed by atoms with Crippen molar-refractivity contribution < 1.29 is 9.84 Å². The van der Waals surface area contributed by atoms with Crippen LogP contribution in [-0.4, -0.2) is 18.3 Å². The van der Waals surface area contributed by atoms with E-state index in [4.69, 9.17) is 15.6 Å². The van der Waals surface area contributed by atoms with Gasteiger partial charge in [-0.25, -0.2) is 0 Å². The minimum absolute atomic E-state index is 0.202. The van der Waals surface area contributed by atoms with Crippen LogP contribution < -0.4 is 10.5 Å². The first-order valence-corrected chi connectivity index (χ1v) is 6.22. The zero-order valence-corrected chi connectivity index (χ0v) is 11.3. The van der Waals surface area contributed by atoms with Gasteiger partial charge in [0.05, 0.1) is 15.6 Å². The second-order valence-electron chi connectivity index (χ2n) is 3.09. The minimum Gasteiger partial charge on any atom is -0.491 e. The normalized spacial score (nSPS) is 10.3. The van der Waals surface area contributed by atoms with Gasteiger partial charge in [0, 0.05) is 12.3 Å². The Balaban J connectivity index is 2.60. The summed E-state index contributed by atoms with van der Waals surface area (Å²) in [4.78, 5) is 0. The van der Waals surface area contributed by atoms with Gasteiger partial charge in [-0.05, 0) is 56.8 Å². The van der Waals surface area contributed by atoms with Gasteiger partial charge in [0.25, 0.3) is 0 Å². The third-order valence-electron chi connectivity index (χ3n) is 1.82. The van der Waals surface area contributed by atoms with E-state index in [1.54, 1.807) is 12.1 Å². The summed E-state index contributed by atoms with van der Waals surface area (Å²) < 4.78 is 7.23. The Kier molecular flexibility index (Phi) is 5.42. The van der Waals surface area contributed by atoms with Crippen LogP contribution in [0.5, 0.6) is 5.75 Å². The molecule has 0 saturated carbocycles. The summed E-state index contributed by atoms with van der Waals surface area (Å²) in [5, 5.41) is 8.62. The summed E-state index contributed by atoms with van der Waals surface area (Å²) in [6, 6.07) is 3.60. The third-order valence-corrected chi connectivity index (χ3v) is 3.00. The fourth-order valence-corrected chi connectivity index (χ4v) is 2.56. The van der Waals surface area contributed by atoms with Crippen molar-refractivity contribution in [3.63, 3.8) is 0 Å². The fraction of sp³-hybridized carbons (Fsp3) is 0.400. The first kappa shape index (κ1) is 12.8. The number of anilines is 1. The summed E-state index contributed by atoms with van der Waals surface area (Å²) in [6.45, 7) is 0.787. The van der Waals surface area contributed by atoms with E-state index in [0.29, 0.717) is 12.3 Å². The molecule has 0 amide bonds. The quantitative estimate of drug-likeness (QED) is 0.641. The Hall–Kier alpha value is -0.260. The highest BCUT2D eigenvalue weighted by molar-refractivity contribution is 9.11. The molecule has 0 aliphatic rings. The van der Waals surface area contributed by atoms with E-state index in [0.717, 1.165) is 27.5 Å². The molecule has 0 saturated heterocycles. The molecule has 1 aromatic rings. The molecule has 15 heavy (non-hydrogen) atoms. The summed E-state index contributed by atoms with van der Waals surface area (Å²) in [6.07, 6.45) is 1.59. The van der Waals surface area contributed by atoms with Crippen LogP contribution in [0.15, 0.2) is 21.1 Å². The number of nitrogens with two attached hydrogens (primary N) is 1. The van der Waals surface area contributed by atoms with E-state index in [1.165, 1.54) is 0 Å². The first-order chi connectivity index (χ1) is 7.15. The topological polar surface area (TPSA) is 55.5 Å². The van der Waals surface area contributed by atoms with Crippen molar-refractivity contribution in [3.8, 4) is 5.75 Å². The molecule has 0 atom stereocenters. The standard InChI is InChI=1S/C10H13Br2NO2/c11-8-5-7(13)6-9(12)10(8)15-4-2-1-3-14/h5-6,14H,1-4,13H2. The van der Waals surface area contributed by atoms with Gasteiger partial charge < -0.3 is 15.6 Å². The average Bonchev–Trinajstić information content (AvgIpc) is 2.15. The number of benzene rings is 1. The van der Waals surface area contributed by atoms with E-state index >= 15 is 0 Å². The number of nitrogen functional groups attached to an aromatic ring is 1. The van der Waals surface area contributed by atoms with Crippen LogP contribution in [0.4, 0.5) is 5.69 Å². The lowest BCUT2D eigenvalue weighted by atomic mass is 10.3. The number of unbranched alkanes of at least 4 members (excludes halogenated alkanes) is 1. The average molecular weight is 339 g/mol. The Labute approximate surface area is 106 Å². The molecule has 0 aliphatic heterocycles. The molecule has 3 N–H and O–H groups in total. The van der Waals surface area contributed by atoms with Crippen molar-refractivity contribution in [2.75, 3.05) is 18.9 Å². The zero-order valence-electron chi connectivity index (χ0n) is 8.17. The van der Waals surface area contributed by atoms with E-state index < -0.39 is 0 Å². The monoisotopic (exact) mass is 337 g/mol. The van der Waals surface area contributed by atoms with Gasteiger partial charge in [0.2, 0.25) is 0 Å². The molecule has 0 heterocycles. The molecule has 0 spiro atoms.